The van der Waals surface area contributed by atoms with E-state index in [1.807, 2.05) is 23.7 Å². The number of aromatic nitrogens is 3. The van der Waals surface area contributed by atoms with Crippen LogP contribution in [0, 0.1) is 5.82 Å². The second-order valence-electron chi connectivity index (χ2n) is 8.18. The van der Waals surface area contributed by atoms with Gasteiger partial charge in [-0.1, -0.05) is 59.9 Å². The summed E-state index contributed by atoms with van der Waals surface area (Å²) in [6.07, 6.45) is 4.20. The maximum Gasteiger partial charge on any atom is 0.137 e. The highest BCUT2D eigenvalue weighted by molar-refractivity contribution is 7.06. The van der Waals surface area contributed by atoms with E-state index in [-0.39, 0.29) is 5.82 Å². The molecule has 1 unspecified atom stereocenters. The van der Waals surface area contributed by atoms with Gasteiger partial charge in [-0.2, -0.15) is 5.10 Å². The van der Waals surface area contributed by atoms with Crippen LogP contribution in [0.1, 0.15) is 6.92 Å². The fourth-order valence-electron chi connectivity index (χ4n) is 4.02. The molecule has 148 valence electrons. The average Bonchev–Trinajstić information content (AvgIpc) is 3.15. The van der Waals surface area contributed by atoms with Crippen molar-refractivity contribution in [2.45, 2.75) is 38.4 Å². The third-order valence-corrected chi connectivity index (χ3v) is 16.6. The summed E-state index contributed by atoms with van der Waals surface area (Å²) in [4.78, 5) is 4.11. The van der Waals surface area contributed by atoms with Gasteiger partial charge in [-0.25, -0.2) is 9.37 Å². The normalized spacial score (nSPS) is 13.9. The van der Waals surface area contributed by atoms with Crippen molar-refractivity contribution in [2.75, 3.05) is 6.61 Å². The molecule has 1 aromatic heterocycles. The van der Waals surface area contributed by atoms with Crippen LogP contribution in [0.3, 0.4) is 0 Å². The molecule has 0 saturated heterocycles. The molecular formula is C21H28FN3OSi2. The predicted molar refractivity (Wildman–Crippen MR) is 117 cm³/mol. The molecule has 0 aliphatic heterocycles. The van der Waals surface area contributed by atoms with E-state index in [1.165, 1.54) is 10.4 Å². The van der Waals surface area contributed by atoms with Crippen molar-refractivity contribution in [3.63, 3.8) is 0 Å². The zero-order valence-corrected chi connectivity index (χ0v) is 19.0. The zero-order valence-electron chi connectivity index (χ0n) is 17.0. The Kier molecular flexibility index (Phi) is 6.15. The highest BCUT2D eigenvalue weighted by atomic mass is 28.4. The lowest BCUT2D eigenvalue weighted by atomic mass is 10.3. The minimum atomic E-state index is -1.98. The Morgan fingerprint density at radius 1 is 0.964 bits per heavy atom. The molecule has 0 aliphatic rings. The smallest absolute Gasteiger partial charge is 0.137 e. The van der Waals surface area contributed by atoms with Crippen LogP contribution in [0.25, 0.3) is 0 Å². The minimum absolute atomic E-state index is 0.191. The van der Waals surface area contributed by atoms with Crippen molar-refractivity contribution < 1.29 is 9.13 Å². The molecule has 0 aliphatic carbocycles. The topological polar surface area (TPSA) is 39.9 Å². The van der Waals surface area contributed by atoms with Crippen LogP contribution in [0.15, 0.2) is 61.2 Å². The number of halogens is 1. The summed E-state index contributed by atoms with van der Waals surface area (Å²) in [5.41, 5.74) is 1.14. The fourth-order valence-corrected chi connectivity index (χ4v) is 17.0. The van der Waals surface area contributed by atoms with Crippen molar-refractivity contribution in [1.82, 2.24) is 14.8 Å². The summed E-state index contributed by atoms with van der Waals surface area (Å²) >= 11 is 0. The largest absolute Gasteiger partial charge is 0.494 e. The van der Waals surface area contributed by atoms with Crippen LogP contribution >= 0.6 is 0 Å². The number of nitrogens with zero attached hydrogens (tertiary/aromatic N) is 3. The molecule has 0 radical (unpaired) electrons. The number of hydrogen-bond donors (Lipinski definition) is 0. The van der Waals surface area contributed by atoms with E-state index in [0.717, 1.165) is 17.6 Å². The second kappa shape index (κ2) is 8.40. The van der Waals surface area contributed by atoms with Gasteiger partial charge in [0.15, 0.2) is 0 Å². The molecule has 0 spiro atoms. The third-order valence-electron chi connectivity index (χ3n) is 5.30. The van der Waals surface area contributed by atoms with Crippen LogP contribution in [-0.2, 0) is 6.17 Å². The van der Waals surface area contributed by atoms with Crippen molar-refractivity contribution in [3.05, 3.63) is 67.0 Å². The Hall–Kier alpha value is -2.26. The lowest BCUT2D eigenvalue weighted by Crippen LogP contribution is -2.58. The minimum Gasteiger partial charge on any atom is -0.494 e. The van der Waals surface area contributed by atoms with Crippen LogP contribution < -0.4 is 15.1 Å². The fraction of sp³-hybridized carbons (Fsp3) is 0.333. The van der Waals surface area contributed by atoms with E-state index in [1.54, 1.807) is 24.8 Å². The Morgan fingerprint density at radius 3 is 2.18 bits per heavy atom. The molecule has 3 rings (SSSR count). The Bertz CT molecular complexity index is 883. The highest BCUT2D eigenvalue weighted by Crippen LogP contribution is 2.23. The summed E-state index contributed by atoms with van der Waals surface area (Å²) in [6, 6.07) is 15.6. The number of ether oxygens (including phenoxy) is 1. The quantitative estimate of drug-likeness (QED) is 0.531. The molecular weight excluding hydrogens is 385 g/mol. The molecule has 1 atom stereocenters. The van der Waals surface area contributed by atoms with Crippen LogP contribution in [0.4, 0.5) is 4.39 Å². The van der Waals surface area contributed by atoms with Crippen LogP contribution in [0.5, 0.6) is 5.75 Å². The molecule has 4 nitrogen and oxygen atoms in total. The first kappa shape index (κ1) is 20.5. The summed E-state index contributed by atoms with van der Waals surface area (Å²) in [5, 5.41) is 7.02. The van der Waals surface area contributed by atoms with E-state index in [9.17, 15) is 4.39 Å². The predicted octanol–water partition coefficient (Wildman–Crippen LogP) is 3.50. The molecule has 2 aromatic carbocycles. The van der Waals surface area contributed by atoms with Gasteiger partial charge >= 0.3 is 0 Å². The summed E-state index contributed by atoms with van der Waals surface area (Å²) in [7, 11) is -3.72. The van der Waals surface area contributed by atoms with Gasteiger partial charge in [-0.3, -0.25) is 4.68 Å². The van der Waals surface area contributed by atoms with Gasteiger partial charge in [0.1, 0.15) is 32.3 Å². The third kappa shape index (κ3) is 4.77. The maximum absolute atomic E-state index is 13.5. The Labute approximate surface area is 168 Å². The van der Waals surface area contributed by atoms with Crippen molar-refractivity contribution in [3.8, 4) is 5.75 Å². The van der Waals surface area contributed by atoms with Gasteiger partial charge in [0.2, 0.25) is 0 Å². The molecule has 0 fully saturated rings. The number of hydrogen-bond acceptors (Lipinski definition) is 3. The molecule has 0 bridgehead atoms. The molecule has 28 heavy (non-hydrogen) atoms. The van der Waals surface area contributed by atoms with Gasteiger partial charge in [0.05, 0.1) is 14.7 Å². The number of rotatable bonds is 8. The lowest BCUT2D eigenvalue weighted by Gasteiger charge is -2.35. The first-order chi connectivity index (χ1) is 13.3. The molecule has 0 saturated carbocycles. The molecule has 3 aromatic rings. The van der Waals surface area contributed by atoms with Gasteiger partial charge < -0.3 is 4.74 Å². The van der Waals surface area contributed by atoms with Crippen LogP contribution in [0.2, 0.25) is 25.3 Å². The maximum atomic E-state index is 13.5. The van der Waals surface area contributed by atoms with E-state index in [4.69, 9.17) is 4.74 Å². The van der Waals surface area contributed by atoms with Gasteiger partial charge in [-0.05, 0) is 31.2 Å². The SMILES string of the molecule is CCOc1ccc([Si](C)(C)C[Si](C)(Cn2cncn2)c2ccc(F)cc2)cc1. The van der Waals surface area contributed by atoms with E-state index in [2.05, 4.69) is 54.0 Å². The first-order valence-corrected chi connectivity index (χ1v) is 15.8. The molecule has 7 heteroatoms. The van der Waals surface area contributed by atoms with Gasteiger partial charge in [0.25, 0.3) is 0 Å². The van der Waals surface area contributed by atoms with Gasteiger partial charge in [-0.15, -0.1) is 0 Å². The Balaban J connectivity index is 1.92. The van der Waals surface area contributed by atoms with Crippen LogP contribution in [-0.4, -0.2) is 37.5 Å². The average molecular weight is 414 g/mol. The highest BCUT2D eigenvalue weighted by Gasteiger charge is 2.39. The monoisotopic (exact) mass is 413 g/mol. The van der Waals surface area contributed by atoms with Gasteiger partial charge in [0, 0.05) is 6.17 Å². The molecule has 0 N–H and O–H groups in total. The molecule has 0 amide bonds. The standard InChI is InChI=1S/C21H28FN3OSi2/c1-5-26-19-8-12-20(13-9-19)27(2,3)17-28(4,16-25-15-23-14-24-25)21-10-6-18(22)7-11-21/h6-15H,5,16-17H2,1-4H3. The van der Waals surface area contributed by atoms with Crippen molar-refractivity contribution in [1.29, 1.82) is 0 Å². The first-order valence-electron chi connectivity index (χ1n) is 9.64. The second-order valence-corrected chi connectivity index (χ2v) is 18.0. The Morgan fingerprint density at radius 2 is 1.61 bits per heavy atom. The summed E-state index contributed by atoms with van der Waals surface area (Å²) in [5.74, 6) is 0.723. The van der Waals surface area contributed by atoms with Crippen molar-refractivity contribution >= 4 is 26.5 Å². The summed E-state index contributed by atoms with van der Waals surface area (Å²) < 4.78 is 21.1. The summed E-state index contributed by atoms with van der Waals surface area (Å²) in [6.45, 7) is 9.88. The van der Waals surface area contributed by atoms with E-state index < -0.39 is 16.1 Å². The number of benzene rings is 2. The van der Waals surface area contributed by atoms with Crippen molar-refractivity contribution in [2.24, 2.45) is 0 Å². The lowest BCUT2D eigenvalue weighted by molar-refractivity contribution is 0.340. The zero-order chi connectivity index (χ0) is 20.2. The molecule has 1 heterocycles. The van der Waals surface area contributed by atoms with E-state index in [0.29, 0.717) is 6.61 Å². The van der Waals surface area contributed by atoms with E-state index >= 15 is 0 Å².